The van der Waals surface area contributed by atoms with Crippen LogP contribution in [-0.4, -0.2) is 47.8 Å². The maximum atomic E-state index is 6.60. The summed E-state index contributed by atoms with van der Waals surface area (Å²) in [4.78, 5) is 0. The molecule has 2 aliphatic heterocycles. The molecule has 4 nitrogen and oxygen atoms in total. The van der Waals surface area contributed by atoms with Crippen LogP contribution in [0, 0.1) is 0 Å². The van der Waals surface area contributed by atoms with Crippen LogP contribution in [-0.2, 0) is 18.3 Å². The van der Waals surface area contributed by atoms with E-state index in [1.54, 1.807) is 0 Å². The Labute approximate surface area is 144 Å². The van der Waals surface area contributed by atoms with Gasteiger partial charge < -0.3 is 18.3 Å². The standard InChI is InChI=1S/C17H36O4Si2/c1-16(2,3)22(7,8)18-11-12-13(14-15(19-12)20-14)21-23(9,10)17(4,5)6/h12-15H,11H2,1-10H3/t12-,13-,14-,15+/m1/s1. The highest BCUT2D eigenvalue weighted by molar-refractivity contribution is 6.74. The summed E-state index contributed by atoms with van der Waals surface area (Å²) >= 11 is 0. The van der Waals surface area contributed by atoms with E-state index in [1.807, 2.05) is 0 Å². The molecule has 0 amide bonds. The summed E-state index contributed by atoms with van der Waals surface area (Å²) in [6.07, 6.45) is 0.0579. The van der Waals surface area contributed by atoms with Crippen molar-refractivity contribution in [2.24, 2.45) is 0 Å². The molecule has 0 spiro atoms. The van der Waals surface area contributed by atoms with Crippen LogP contribution in [0.3, 0.4) is 0 Å². The van der Waals surface area contributed by atoms with Crippen molar-refractivity contribution in [2.75, 3.05) is 6.61 Å². The SMILES string of the molecule is CC(C)(C)[Si](C)(C)OC[C@H]1O[C@H]2O[C@@H]2[C@@H]1O[Si](C)(C)C(C)(C)C. The quantitative estimate of drug-likeness (QED) is 0.534. The maximum Gasteiger partial charge on any atom is 0.192 e. The zero-order chi connectivity index (χ0) is 17.8. The van der Waals surface area contributed by atoms with Crippen LogP contribution >= 0.6 is 0 Å². The van der Waals surface area contributed by atoms with Gasteiger partial charge in [0.15, 0.2) is 22.9 Å². The summed E-state index contributed by atoms with van der Waals surface area (Å²) in [6.45, 7) is 23.3. The molecule has 23 heavy (non-hydrogen) atoms. The van der Waals surface area contributed by atoms with Crippen molar-refractivity contribution in [1.29, 1.82) is 0 Å². The fourth-order valence-electron chi connectivity index (χ4n) is 2.21. The van der Waals surface area contributed by atoms with Crippen LogP contribution in [0.4, 0.5) is 0 Å². The molecule has 6 heteroatoms. The Morgan fingerprint density at radius 1 is 0.826 bits per heavy atom. The van der Waals surface area contributed by atoms with E-state index >= 15 is 0 Å². The van der Waals surface area contributed by atoms with E-state index in [0.29, 0.717) is 6.61 Å². The molecule has 2 rings (SSSR count). The first-order valence-corrected chi connectivity index (χ1v) is 14.6. The molecule has 2 heterocycles. The predicted octanol–water partition coefficient (Wildman–Crippen LogP) is 4.52. The fourth-order valence-corrected chi connectivity index (χ4v) is 4.55. The van der Waals surface area contributed by atoms with Crippen molar-refractivity contribution >= 4 is 16.6 Å². The fraction of sp³-hybridized carbons (Fsp3) is 1.00. The van der Waals surface area contributed by atoms with Gasteiger partial charge in [0.25, 0.3) is 0 Å². The molecule has 0 unspecified atom stereocenters. The molecule has 0 aromatic carbocycles. The third kappa shape index (κ3) is 4.10. The van der Waals surface area contributed by atoms with E-state index in [1.165, 1.54) is 0 Å². The first-order valence-electron chi connectivity index (χ1n) is 8.78. The second-order valence-electron chi connectivity index (χ2n) is 10.1. The number of hydrogen-bond acceptors (Lipinski definition) is 4. The zero-order valence-electron chi connectivity index (χ0n) is 16.6. The first kappa shape index (κ1) is 19.6. The Kier molecular flexibility index (Phi) is 5.04. The molecule has 2 saturated heterocycles. The molecule has 4 atom stereocenters. The molecule has 2 fully saturated rings. The lowest BCUT2D eigenvalue weighted by Gasteiger charge is -2.41. The monoisotopic (exact) mass is 360 g/mol. The van der Waals surface area contributed by atoms with Crippen LogP contribution in [0.2, 0.25) is 36.3 Å². The number of fused-ring (bicyclic) bond motifs is 1. The van der Waals surface area contributed by atoms with E-state index in [2.05, 4.69) is 67.7 Å². The van der Waals surface area contributed by atoms with Crippen LogP contribution in [0.15, 0.2) is 0 Å². The van der Waals surface area contributed by atoms with Gasteiger partial charge in [0.2, 0.25) is 0 Å². The van der Waals surface area contributed by atoms with E-state index in [9.17, 15) is 0 Å². The lowest BCUT2D eigenvalue weighted by atomic mass is 10.2. The van der Waals surface area contributed by atoms with Crippen molar-refractivity contribution in [3.05, 3.63) is 0 Å². The predicted molar refractivity (Wildman–Crippen MR) is 98.8 cm³/mol. The van der Waals surface area contributed by atoms with Gasteiger partial charge in [-0.25, -0.2) is 0 Å². The van der Waals surface area contributed by atoms with E-state index in [4.69, 9.17) is 18.3 Å². The number of rotatable bonds is 5. The molecule has 0 aromatic heterocycles. The second-order valence-corrected chi connectivity index (χ2v) is 19.6. The third-order valence-corrected chi connectivity index (χ3v) is 15.1. The average Bonchev–Trinajstić information content (AvgIpc) is 3.01. The Morgan fingerprint density at radius 2 is 1.35 bits per heavy atom. The van der Waals surface area contributed by atoms with E-state index in [0.717, 1.165) is 0 Å². The van der Waals surface area contributed by atoms with Crippen molar-refractivity contribution in [3.63, 3.8) is 0 Å². The van der Waals surface area contributed by atoms with Crippen LogP contribution in [0.1, 0.15) is 41.5 Å². The molecule has 0 bridgehead atoms. The highest BCUT2D eigenvalue weighted by Crippen LogP contribution is 2.45. The highest BCUT2D eigenvalue weighted by Gasteiger charge is 2.60. The van der Waals surface area contributed by atoms with E-state index in [-0.39, 0.29) is 34.7 Å². The van der Waals surface area contributed by atoms with Gasteiger partial charge in [-0.2, -0.15) is 0 Å². The average molecular weight is 361 g/mol. The summed E-state index contributed by atoms with van der Waals surface area (Å²) in [5, 5.41) is 0.394. The number of hydrogen-bond donors (Lipinski definition) is 0. The summed E-state index contributed by atoms with van der Waals surface area (Å²) < 4.78 is 24.5. The lowest BCUT2D eigenvalue weighted by molar-refractivity contribution is -0.0809. The largest absolute Gasteiger partial charge is 0.414 e. The van der Waals surface area contributed by atoms with Crippen LogP contribution in [0.25, 0.3) is 0 Å². The van der Waals surface area contributed by atoms with Crippen molar-refractivity contribution in [2.45, 2.75) is 102 Å². The molecular weight excluding hydrogens is 324 g/mol. The van der Waals surface area contributed by atoms with Gasteiger partial charge in [0, 0.05) is 0 Å². The van der Waals surface area contributed by atoms with Crippen LogP contribution in [0.5, 0.6) is 0 Å². The lowest BCUT2D eigenvalue weighted by Crippen LogP contribution is -2.50. The smallest absolute Gasteiger partial charge is 0.192 e. The van der Waals surface area contributed by atoms with Gasteiger partial charge in [-0.15, -0.1) is 0 Å². The maximum absolute atomic E-state index is 6.60. The van der Waals surface area contributed by atoms with Gasteiger partial charge in [0.1, 0.15) is 18.3 Å². The van der Waals surface area contributed by atoms with Crippen molar-refractivity contribution < 1.29 is 18.3 Å². The minimum Gasteiger partial charge on any atom is -0.414 e. The Hall–Kier alpha value is 0.274. The molecule has 2 aliphatic rings. The van der Waals surface area contributed by atoms with Crippen LogP contribution < -0.4 is 0 Å². The van der Waals surface area contributed by atoms with Crippen molar-refractivity contribution in [3.8, 4) is 0 Å². The first-order chi connectivity index (χ1) is 10.2. The molecule has 0 radical (unpaired) electrons. The topological polar surface area (TPSA) is 40.2 Å². The van der Waals surface area contributed by atoms with Crippen molar-refractivity contribution in [1.82, 2.24) is 0 Å². The molecule has 136 valence electrons. The molecule has 0 aromatic rings. The van der Waals surface area contributed by atoms with Gasteiger partial charge in [0.05, 0.1) is 6.61 Å². The molecule has 0 aliphatic carbocycles. The number of epoxide rings is 1. The number of ether oxygens (including phenoxy) is 2. The van der Waals surface area contributed by atoms with Gasteiger partial charge in [-0.3, -0.25) is 0 Å². The molecule has 0 saturated carbocycles. The zero-order valence-corrected chi connectivity index (χ0v) is 18.6. The normalized spacial score (nSPS) is 32.1. The molecular formula is C17H36O4Si2. The molecule has 0 N–H and O–H groups in total. The van der Waals surface area contributed by atoms with E-state index < -0.39 is 16.6 Å². The van der Waals surface area contributed by atoms with Gasteiger partial charge in [-0.05, 0) is 36.3 Å². The minimum atomic E-state index is -1.84. The minimum absolute atomic E-state index is 0.00185. The highest BCUT2D eigenvalue weighted by atomic mass is 28.4. The van der Waals surface area contributed by atoms with Gasteiger partial charge >= 0.3 is 0 Å². The van der Waals surface area contributed by atoms with Gasteiger partial charge in [-0.1, -0.05) is 41.5 Å². The Bertz CT molecular complexity index is 437. The summed E-state index contributed by atoms with van der Waals surface area (Å²) in [7, 11) is -3.61. The summed E-state index contributed by atoms with van der Waals surface area (Å²) in [5.74, 6) is 0. The Morgan fingerprint density at radius 3 is 1.83 bits per heavy atom. The second kappa shape index (κ2) is 5.92. The Balaban J connectivity index is 2.00. The summed E-state index contributed by atoms with van der Waals surface area (Å²) in [6, 6.07) is 0. The summed E-state index contributed by atoms with van der Waals surface area (Å²) in [5.41, 5.74) is 0. The third-order valence-electron chi connectivity index (χ3n) is 6.13.